The fourth-order valence-electron chi connectivity index (χ4n) is 2.55. The normalized spacial score (nSPS) is 11.5. The summed E-state index contributed by atoms with van der Waals surface area (Å²) in [4.78, 5) is 34.8. The molecule has 2 aromatic rings. The third kappa shape index (κ3) is 4.89. The van der Waals surface area contributed by atoms with Crippen LogP contribution in [0.5, 0.6) is 0 Å². The van der Waals surface area contributed by atoms with Crippen molar-refractivity contribution in [2.45, 2.75) is 26.2 Å². The number of hydrogen-bond donors (Lipinski definition) is 1. The van der Waals surface area contributed by atoms with Crippen LogP contribution in [0, 0.1) is 17.0 Å². The first-order chi connectivity index (χ1) is 12.4. The smallest absolute Gasteiger partial charge is 0.313 e. The molecule has 0 radical (unpaired) electrons. The lowest BCUT2D eigenvalue weighted by atomic mass is 9.97. The summed E-state index contributed by atoms with van der Waals surface area (Å²) in [5.41, 5.74) is 1.38. The molecule has 0 aliphatic carbocycles. The molecule has 0 unspecified atom stereocenters. The molecule has 0 heterocycles. The number of ether oxygens (including phenoxy) is 1. The van der Waals surface area contributed by atoms with Crippen LogP contribution in [-0.4, -0.2) is 23.4 Å². The number of aryl methyl sites for hydroxylation is 1. The number of hydrogen-bond acceptors (Lipinski definition) is 5. The van der Waals surface area contributed by atoms with Crippen molar-refractivity contribution in [3.05, 3.63) is 69.8 Å². The lowest BCUT2D eigenvalue weighted by Gasteiger charge is -2.14. The standard InChI is InChI=1S/C19H20N2O5/c1-3-15(14-7-5-4-6-8-14)19(23)26-12-18(22)20-16-10-9-13(2)11-17(16)21(24)25/h4-11,15H,3,12H2,1-2H3,(H,20,22)/t15-/m0/s1. The fraction of sp³-hybridized carbons (Fsp3) is 0.263. The molecule has 1 atom stereocenters. The summed E-state index contributed by atoms with van der Waals surface area (Å²) in [6.07, 6.45) is 0.536. The highest BCUT2D eigenvalue weighted by atomic mass is 16.6. The fourth-order valence-corrected chi connectivity index (χ4v) is 2.55. The predicted octanol–water partition coefficient (Wildman–Crippen LogP) is 3.58. The Morgan fingerprint density at radius 3 is 2.50 bits per heavy atom. The van der Waals surface area contributed by atoms with Crippen molar-refractivity contribution in [3.63, 3.8) is 0 Å². The van der Waals surface area contributed by atoms with E-state index in [1.54, 1.807) is 13.0 Å². The molecule has 2 aromatic carbocycles. The van der Waals surface area contributed by atoms with E-state index < -0.39 is 29.3 Å². The second-order valence-corrected chi connectivity index (χ2v) is 5.81. The van der Waals surface area contributed by atoms with Gasteiger partial charge >= 0.3 is 5.97 Å². The number of carbonyl (C=O) groups excluding carboxylic acids is 2. The molecule has 0 saturated heterocycles. The van der Waals surface area contributed by atoms with E-state index in [1.807, 2.05) is 37.3 Å². The zero-order chi connectivity index (χ0) is 19.1. The highest BCUT2D eigenvalue weighted by Crippen LogP contribution is 2.25. The number of carbonyl (C=O) groups is 2. The first kappa shape index (κ1) is 19.1. The Morgan fingerprint density at radius 2 is 1.88 bits per heavy atom. The maximum atomic E-state index is 12.2. The Kier molecular flexibility index (Phi) is 6.43. The summed E-state index contributed by atoms with van der Waals surface area (Å²) < 4.78 is 5.09. The van der Waals surface area contributed by atoms with Gasteiger partial charge in [-0.1, -0.05) is 43.3 Å². The third-order valence-corrected chi connectivity index (χ3v) is 3.86. The van der Waals surface area contributed by atoms with Crippen molar-refractivity contribution in [2.24, 2.45) is 0 Å². The van der Waals surface area contributed by atoms with Crippen LogP contribution in [0.3, 0.4) is 0 Å². The van der Waals surface area contributed by atoms with E-state index in [1.165, 1.54) is 12.1 Å². The third-order valence-electron chi connectivity index (χ3n) is 3.86. The molecule has 0 spiro atoms. The van der Waals surface area contributed by atoms with E-state index >= 15 is 0 Å². The van der Waals surface area contributed by atoms with Crippen LogP contribution in [0.15, 0.2) is 48.5 Å². The molecule has 1 N–H and O–H groups in total. The SMILES string of the molecule is CC[C@H](C(=O)OCC(=O)Nc1ccc(C)cc1[N+](=O)[O-])c1ccccc1. The van der Waals surface area contributed by atoms with E-state index in [2.05, 4.69) is 5.32 Å². The van der Waals surface area contributed by atoms with E-state index in [9.17, 15) is 19.7 Å². The average molecular weight is 356 g/mol. The Bertz CT molecular complexity index is 805. The number of nitro groups is 1. The van der Waals surface area contributed by atoms with Crippen molar-refractivity contribution in [3.8, 4) is 0 Å². The van der Waals surface area contributed by atoms with Crippen molar-refractivity contribution in [2.75, 3.05) is 11.9 Å². The second kappa shape index (κ2) is 8.75. The number of nitrogens with zero attached hydrogens (tertiary/aromatic N) is 1. The van der Waals surface area contributed by atoms with E-state index in [0.717, 1.165) is 5.56 Å². The number of amides is 1. The van der Waals surface area contributed by atoms with Gasteiger partial charge in [0, 0.05) is 6.07 Å². The van der Waals surface area contributed by atoms with Crippen molar-refractivity contribution in [1.29, 1.82) is 0 Å². The van der Waals surface area contributed by atoms with Gasteiger partial charge in [-0.3, -0.25) is 19.7 Å². The van der Waals surface area contributed by atoms with Crippen molar-refractivity contribution in [1.82, 2.24) is 0 Å². The van der Waals surface area contributed by atoms with Gasteiger partial charge in [-0.05, 0) is 30.5 Å². The molecule has 0 bridgehead atoms. The van der Waals surface area contributed by atoms with Crippen molar-refractivity contribution >= 4 is 23.3 Å². The first-order valence-corrected chi connectivity index (χ1v) is 8.18. The molecule has 7 heteroatoms. The van der Waals surface area contributed by atoms with Gasteiger partial charge in [0.1, 0.15) is 5.69 Å². The van der Waals surface area contributed by atoms with Gasteiger partial charge < -0.3 is 10.1 Å². The van der Waals surface area contributed by atoms with E-state index in [0.29, 0.717) is 12.0 Å². The number of nitro benzene ring substituents is 1. The van der Waals surface area contributed by atoms with Crippen LogP contribution in [0.2, 0.25) is 0 Å². The lowest BCUT2D eigenvalue weighted by molar-refractivity contribution is -0.384. The molecule has 0 aliphatic rings. The maximum absolute atomic E-state index is 12.2. The van der Waals surface area contributed by atoms with Gasteiger partial charge in [0.25, 0.3) is 11.6 Å². The molecule has 1 amide bonds. The Morgan fingerprint density at radius 1 is 1.19 bits per heavy atom. The van der Waals surface area contributed by atoms with Gasteiger partial charge in [-0.2, -0.15) is 0 Å². The molecule has 0 aliphatic heterocycles. The molecular weight excluding hydrogens is 336 g/mol. The van der Waals surface area contributed by atoms with Gasteiger partial charge in [0.2, 0.25) is 0 Å². The minimum atomic E-state index is -0.631. The first-order valence-electron chi connectivity index (χ1n) is 8.18. The molecule has 0 saturated carbocycles. The molecule has 0 aromatic heterocycles. The average Bonchev–Trinajstić information content (AvgIpc) is 2.63. The van der Waals surface area contributed by atoms with Crippen LogP contribution in [0.1, 0.15) is 30.4 Å². The maximum Gasteiger partial charge on any atom is 0.313 e. The molecular formula is C19H20N2O5. The van der Waals surface area contributed by atoms with Crippen LogP contribution >= 0.6 is 0 Å². The summed E-state index contributed by atoms with van der Waals surface area (Å²) in [6, 6.07) is 13.6. The van der Waals surface area contributed by atoms with E-state index in [-0.39, 0.29) is 11.4 Å². The largest absolute Gasteiger partial charge is 0.455 e. The summed E-state index contributed by atoms with van der Waals surface area (Å²) >= 11 is 0. The Labute approximate surface area is 151 Å². The zero-order valence-corrected chi connectivity index (χ0v) is 14.6. The highest BCUT2D eigenvalue weighted by molar-refractivity contribution is 5.95. The van der Waals surface area contributed by atoms with Gasteiger partial charge in [0.05, 0.1) is 10.8 Å². The number of benzene rings is 2. The summed E-state index contributed by atoms with van der Waals surface area (Å²) in [6.45, 7) is 3.07. The Balaban J connectivity index is 1.98. The summed E-state index contributed by atoms with van der Waals surface area (Å²) in [5, 5.41) is 13.5. The van der Waals surface area contributed by atoms with Crippen LogP contribution in [0.4, 0.5) is 11.4 Å². The summed E-state index contributed by atoms with van der Waals surface area (Å²) in [7, 11) is 0. The Hall–Kier alpha value is -3.22. The molecule has 2 rings (SSSR count). The quantitative estimate of drug-likeness (QED) is 0.464. The summed E-state index contributed by atoms with van der Waals surface area (Å²) in [5.74, 6) is -1.60. The van der Waals surface area contributed by atoms with Crippen LogP contribution in [-0.2, 0) is 14.3 Å². The molecule has 26 heavy (non-hydrogen) atoms. The predicted molar refractivity (Wildman–Crippen MR) is 96.9 cm³/mol. The van der Waals surface area contributed by atoms with Crippen molar-refractivity contribution < 1.29 is 19.2 Å². The minimum absolute atomic E-state index is 0.0664. The second-order valence-electron chi connectivity index (χ2n) is 5.81. The monoisotopic (exact) mass is 356 g/mol. The molecule has 0 fully saturated rings. The molecule has 7 nitrogen and oxygen atoms in total. The number of rotatable bonds is 7. The zero-order valence-electron chi connectivity index (χ0n) is 14.6. The topological polar surface area (TPSA) is 98.5 Å². The number of anilines is 1. The number of nitrogens with one attached hydrogen (secondary N) is 1. The van der Waals surface area contributed by atoms with Crippen LogP contribution in [0.25, 0.3) is 0 Å². The van der Waals surface area contributed by atoms with Gasteiger partial charge in [-0.15, -0.1) is 0 Å². The molecule has 136 valence electrons. The lowest BCUT2D eigenvalue weighted by Crippen LogP contribution is -2.24. The van der Waals surface area contributed by atoms with Gasteiger partial charge in [-0.25, -0.2) is 0 Å². The van der Waals surface area contributed by atoms with Gasteiger partial charge in [0.15, 0.2) is 6.61 Å². The number of esters is 1. The van der Waals surface area contributed by atoms with Crippen LogP contribution < -0.4 is 5.32 Å². The van der Waals surface area contributed by atoms with E-state index in [4.69, 9.17) is 4.74 Å². The minimum Gasteiger partial charge on any atom is -0.455 e. The highest BCUT2D eigenvalue weighted by Gasteiger charge is 2.22.